The highest BCUT2D eigenvalue weighted by Gasteiger charge is 2.18. The van der Waals surface area contributed by atoms with Gasteiger partial charge in [0.1, 0.15) is 5.75 Å². The zero-order valence-corrected chi connectivity index (χ0v) is 11.1. The Morgan fingerprint density at radius 1 is 1.50 bits per heavy atom. The first-order valence-electron chi connectivity index (χ1n) is 5.24. The topological polar surface area (TPSA) is 46.5 Å². The molecule has 5 heteroatoms. The number of hydrogen-bond donors (Lipinski definition) is 1. The maximum Gasteiger partial charge on any atom is 0.474 e. The average molecular weight is 263 g/mol. The fraction of sp³-hybridized carbons (Fsp3) is 0.455. The lowest BCUT2D eigenvalue weighted by atomic mass is 10.1. The molecule has 0 radical (unpaired) electrons. The van der Waals surface area contributed by atoms with Gasteiger partial charge in [-0.15, -0.1) is 0 Å². The maximum atomic E-state index is 11.0. The lowest BCUT2D eigenvalue weighted by Crippen LogP contribution is -1.94. The molecule has 0 heterocycles. The van der Waals surface area contributed by atoms with Gasteiger partial charge in [0.25, 0.3) is 0 Å². The van der Waals surface area contributed by atoms with E-state index >= 15 is 0 Å². The molecule has 1 rings (SSSR count). The summed E-state index contributed by atoms with van der Waals surface area (Å²) in [5.41, 5.74) is 2.03. The van der Waals surface area contributed by atoms with Crippen LogP contribution in [0.5, 0.6) is 5.75 Å². The van der Waals surface area contributed by atoms with Crippen molar-refractivity contribution >= 4 is 18.2 Å². The molecular formula is C11H16ClO3P. The zero-order valence-electron chi connectivity index (χ0n) is 9.44. The Kier molecular flexibility index (Phi) is 4.85. The summed E-state index contributed by atoms with van der Waals surface area (Å²) >= 11 is 5.20. The van der Waals surface area contributed by atoms with Crippen molar-refractivity contribution in [1.82, 2.24) is 0 Å². The highest BCUT2D eigenvalue weighted by molar-refractivity contribution is 7.80. The quantitative estimate of drug-likeness (QED) is 0.814. The van der Waals surface area contributed by atoms with Crippen molar-refractivity contribution in [2.75, 3.05) is 0 Å². The second-order valence-corrected chi connectivity index (χ2v) is 6.12. The number of benzene rings is 1. The molecule has 0 amide bonds. The van der Waals surface area contributed by atoms with Crippen molar-refractivity contribution in [1.29, 1.82) is 0 Å². The predicted molar refractivity (Wildman–Crippen MR) is 66.1 cm³/mol. The number of unbranched alkanes of at least 4 members (excludes halogenated alkanes) is 1. The van der Waals surface area contributed by atoms with E-state index in [4.69, 9.17) is 20.7 Å². The second kappa shape index (κ2) is 5.72. The minimum absolute atomic E-state index is 0.403. The Bertz CT molecular complexity index is 400. The van der Waals surface area contributed by atoms with Crippen LogP contribution in [0, 0.1) is 6.92 Å². The van der Waals surface area contributed by atoms with Crippen LogP contribution in [0.15, 0.2) is 18.2 Å². The van der Waals surface area contributed by atoms with Gasteiger partial charge in [-0.2, -0.15) is 0 Å². The van der Waals surface area contributed by atoms with Crippen molar-refractivity contribution in [3.63, 3.8) is 0 Å². The van der Waals surface area contributed by atoms with E-state index in [1.165, 1.54) is 0 Å². The summed E-state index contributed by atoms with van der Waals surface area (Å²) in [7, 11) is 0. The lowest BCUT2D eigenvalue weighted by molar-refractivity contribution is 0.399. The van der Waals surface area contributed by atoms with Gasteiger partial charge in [0, 0.05) is 11.2 Å². The summed E-state index contributed by atoms with van der Waals surface area (Å²) < 4.78 is 15.9. The van der Waals surface area contributed by atoms with E-state index in [9.17, 15) is 4.57 Å². The molecule has 0 bridgehead atoms. The minimum atomic E-state index is -3.99. The highest BCUT2D eigenvalue weighted by atomic mass is 35.7. The molecule has 0 aromatic heterocycles. The molecule has 1 atom stereocenters. The van der Waals surface area contributed by atoms with E-state index < -0.39 is 6.95 Å². The first-order valence-corrected chi connectivity index (χ1v) is 7.72. The molecular weight excluding hydrogens is 247 g/mol. The van der Waals surface area contributed by atoms with Gasteiger partial charge < -0.3 is 9.42 Å². The van der Waals surface area contributed by atoms with Gasteiger partial charge in [-0.3, -0.25) is 0 Å². The zero-order chi connectivity index (χ0) is 12.2. The largest absolute Gasteiger partial charge is 0.474 e. The van der Waals surface area contributed by atoms with Crippen LogP contribution in [0.3, 0.4) is 0 Å². The molecule has 0 aliphatic carbocycles. The minimum Gasteiger partial charge on any atom is -0.413 e. The van der Waals surface area contributed by atoms with Crippen LogP contribution in [0.4, 0.5) is 0 Å². The summed E-state index contributed by atoms with van der Waals surface area (Å²) in [6, 6.07) is 5.47. The molecule has 1 aromatic carbocycles. The van der Waals surface area contributed by atoms with Crippen LogP contribution in [0.2, 0.25) is 0 Å². The van der Waals surface area contributed by atoms with E-state index in [1.807, 2.05) is 19.1 Å². The van der Waals surface area contributed by atoms with Crippen LogP contribution in [-0.4, -0.2) is 4.89 Å². The van der Waals surface area contributed by atoms with Crippen LogP contribution in [0.25, 0.3) is 0 Å². The van der Waals surface area contributed by atoms with E-state index in [1.54, 1.807) is 6.07 Å². The van der Waals surface area contributed by atoms with Gasteiger partial charge in [-0.05, 0) is 31.4 Å². The van der Waals surface area contributed by atoms with Crippen molar-refractivity contribution < 1.29 is 14.0 Å². The fourth-order valence-corrected chi connectivity index (χ4v) is 2.12. The predicted octanol–water partition coefficient (Wildman–Crippen LogP) is 4.06. The van der Waals surface area contributed by atoms with E-state index in [-0.39, 0.29) is 0 Å². The molecule has 1 N–H and O–H groups in total. The standard InChI is InChI=1S/C11H16ClO3P/c1-3-4-5-10-8-9(2)6-7-11(10)15-16(12,13)14/h6-8H,3-5H2,1-2H3,(H,13,14). The van der Waals surface area contributed by atoms with Crippen molar-refractivity contribution in [3.05, 3.63) is 29.3 Å². The number of rotatable bonds is 5. The molecule has 90 valence electrons. The van der Waals surface area contributed by atoms with Crippen molar-refractivity contribution in [2.24, 2.45) is 0 Å². The molecule has 0 aliphatic heterocycles. The molecule has 0 saturated heterocycles. The van der Waals surface area contributed by atoms with Gasteiger partial charge >= 0.3 is 6.95 Å². The third-order valence-corrected chi connectivity index (χ3v) is 2.86. The van der Waals surface area contributed by atoms with Gasteiger partial charge in [0.05, 0.1) is 0 Å². The monoisotopic (exact) mass is 262 g/mol. The summed E-state index contributed by atoms with van der Waals surface area (Å²) in [6.07, 6.45) is 2.90. The Balaban J connectivity index is 2.93. The Morgan fingerprint density at radius 3 is 2.75 bits per heavy atom. The van der Waals surface area contributed by atoms with Gasteiger partial charge in [-0.25, -0.2) is 4.57 Å². The third kappa shape index (κ3) is 4.56. The Labute approximate surface area is 101 Å². The Morgan fingerprint density at radius 2 is 2.19 bits per heavy atom. The first kappa shape index (κ1) is 13.6. The average Bonchev–Trinajstić information content (AvgIpc) is 2.16. The SMILES string of the molecule is CCCCc1cc(C)ccc1OP(=O)(O)Cl. The molecule has 1 aromatic rings. The smallest absolute Gasteiger partial charge is 0.413 e. The number of hydrogen-bond acceptors (Lipinski definition) is 2. The number of halogens is 1. The van der Waals surface area contributed by atoms with E-state index in [2.05, 4.69) is 6.92 Å². The molecule has 0 fully saturated rings. The van der Waals surface area contributed by atoms with Crippen molar-refractivity contribution in [2.45, 2.75) is 33.1 Å². The number of aryl methyl sites for hydroxylation is 2. The summed E-state index contributed by atoms with van der Waals surface area (Å²) in [4.78, 5) is 8.99. The Hall–Kier alpha value is -0.500. The summed E-state index contributed by atoms with van der Waals surface area (Å²) in [6.45, 7) is 0.0732. The van der Waals surface area contributed by atoms with Crippen LogP contribution in [-0.2, 0) is 11.0 Å². The molecule has 3 nitrogen and oxygen atoms in total. The third-order valence-electron chi connectivity index (χ3n) is 2.23. The van der Waals surface area contributed by atoms with E-state index in [0.29, 0.717) is 5.75 Å². The van der Waals surface area contributed by atoms with Crippen molar-refractivity contribution in [3.8, 4) is 5.75 Å². The normalized spacial score (nSPS) is 14.5. The highest BCUT2D eigenvalue weighted by Crippen LogP contribution is 2.48. The molecule has 0 spiro atoms. The molecule has 16 heavy (non-hydrogen) atoms. The summed E-state index contributed by atoms with van der Waals surface area (Å²) in [5.74, 6) is 0.403. The van der Waals surface area contributed by atoms with Gasteiger partial charge in [0.15, 0.2) is 0 Å². The second-order valence-electron chi connectivity index (χ2n) is 3.76. The molecule has 0 saturated carbocycles. The van der Waals surface area contributed by atoms with Gasteiger partial charge in [0.2, 0.25) is 0 Å². The summed E-state index contributed by atoms with van der Waals surface area (Å²) in [5, 5.41) is 0. The molecule has 1 unspecified atom stereocenters. The van der Waals surface area contributed by atoms with Crippen LogP contribution in [0.1, 0.15) is 30.9 Å². The first-order chi connectivity index (χ1) is 7.42. The maximum absolute atomic E-state index is 11.0. The lowest BCUT2D eigenvalue weighted by Gasteiger charge is -2.12. The molecule has 0 aliphatic rings. The van der Waals surface area contributed by atoms with Gasteiger partial charge in [-0.1, -0.05) is 31.0 Å². The van der Waals surface area contributed by atoms with Crippen LogP contribution >= 0.6 is 18.2 Å². The van der Waals surface area contributed by atoms with E-state index in [0.717, 1.165) is 30.4 Å². The fourth-order valence-electron chi connectivity index (χ4n) is 1.48. The van der Waals surface area contributed by atoms with Crippen LogP contribution < -0.4 is 4.52 Å².